The number of benzene rings is 1. The topological polar surface area (TPSA) is 109 Å². The van der Waals surface area contributed by atoms with E-state index in [-0.39, 0.29) is 16.9 Å². The first-order chi connectivity index (χ1) is 12.1. The van der Waals surface area contributed by atoms with Crippen LogP contribution in [0.2, 0.25) is 0 Å². The summed E-state index contributed by atoms with van der Waals surface area (Å²) in [5, 5.41) is 5.46. The summed E-state index contributed by atoms with van der Waals surface area (Å²) in [7, 11) is 0. The van der Waals surface area contributed by atoms with Crippen LogP contribution < -0.4 is 26.8 Å². The molecule has 1 fully saturated rings. The highest BCUT2D eigenvalue weighted by Crippen LogP contribution is 2.28. The van der Waals surface area contributed by atoms with E-state index in [1.54, 1.807) is 6.07 Å². The molecule has 0 atom stereocenters. The summed E-state index contributed by atoms with van der Waals surface area (Å²) in [6.07, 6.45) is 0. The normalized spacial score (nSPS) is 16.7. The van der Waals surface area contributed by atoms with Crippen LogP contribution in [0, 0.1) is 0 Å². The number of rotatable bonds is 2. The number of amides is 2. The van der Waals surface area contributed by atoms with Gasteiger partial charge in [0.05, 0.1) is 22.5 Å². The Morgan fingerprint density at radius 3 is 2.36 bits per heavy atom. The van der Waals surface area contributed by atoms with Gasteiger partial charge in [-0.2, -0.15) is 0 Å². The minimum atomic E-state index is -0.591. The summed E-state index contributed by atoms with van der Waals surface area (Å²) in [5.74, 6) is -1.19. The number of anilines is 2. The number of nitrogens with one attached hydrogen (secondary N) is 2. The van der Waals surface area contributed by atoms with Crippen molar-refractivity contribution >= 4 is 23.3 Å². The quantitative estimate of drug-likeness (QED) is 0.649. The predicted octanol–water partition coefficient (Wildman–Crippen LogP) is -0.287. The van der Waals surface area contributed by atoms with Gasteiger partial charge in [-0.3, -0.25) is 24.3 Å². The van der Waals surface area contributed by atoms with Gasteiger partial charge in [-0.1, -0.05) is 12.1 Å². The highest BCUT2D eigenvalue weighted by Gasteiger charge is 2.32. The van der Waals surface area contributed by atoms with Crippen molar-refractivity contribution in [2.24, 2.45) is 0 Å². The molecule has 8 heteroatoms. The lowest BCUT2D eigenvalue weighted by atomic mass is 10.1. The number of carbonyl (C=O) groups is 2. The molecule has 0 saturated carbocycles. The number of imide groups is 1. The minimum absolute atomic E-state index is 0.0200. The first kappa shape index (κ1) is 15.4. The molecule has 4 N–H and O–H groups in total. The van der Waals surface area contributed by atoms with Crippen LogP contribution in [-0.4, -0.2) is 42.6 Å². The smallest absolute Gasteiger partial charge is 0.262 e. The molecule has 25 heavy (non-hydrogen) atoms. The molecule has 4 rings (SSSR count). The average Bonchev–Trinajstić information content (AvgIpc) is 2.90. The molecular formula is C17H17N5O3. The van der Waals surface area contributed by atoms with E-state index >= 15 is 0 Å². The van der Waals surface area contributed by atoms with Gasteiger partial charge in [-0.25, -0.2) is 0 Å². The summed E-state index contributed by atoms with van der Waals surface area (Å²) in [6, 6.07) is 8.58. The lowest BCUT2D eigenvalue weighted by Gasteiger charge is -2.31. The van der Waals surface area contributed by atoms with Crippen molar-refractivity contribution < 1.29 is 9.59 Å². The fourth-order valence-corrected chi connectivity index (χ4v) is 3.35. The zero-order chi connectivity index (χ0) is 17.6. The number of para-hydroxylation sites is 2. The maximum absolute atomic E-state index is 12.6. The monoisotopic (exact) mass is 339 g/mol. The van der Waals surface area contributed by atoms with Crippen LogP contribution in [0.3, 0.4) is 0 Å². The van der Waals surface area contributed by atoms with Crippen molar-refractivity contribution in [1.82, 2.24) is 15.2 Å². The zero-order valence-corrected chi connectivity index (χ0v) is 13.4. The summed E-state index contributed by atoms with van der Waals surface area (Å²) in [6.45, 7) is 3.30. The number of hydrogen-bond donors (Lipinski definition) is 3. The van der Waals surface area contributed by atoms with Crippen LogP contribution >= 0.6 is 0 Å². The van der Waals surface area contributed by atoms with Crippen LogP contribution in [0.4, 0.5) is 11.5 Å². The molecule has 8 nitrogen and oxygen atoms in total. The molecule has 0 unspecified atom stereocenters. The second kappa shape index (κ2) is 5.75. The highest BCUT2D eigenvalue weighted by molar-refractivity contribution is 6.23. The zero-order valence-electron chi connectivity index (χ0n) is 13.4. The van der Waals surface area contributed by atoms with Crippen LogP contribution in [0.15, 0.2) is 35.1 Å². The molecule has 0 spiro atoms. The van der Waals surface area contributed by atoms with Crippen molar-refractivity contribution in [3.63, 3.8) is 0 Å². The Labute approximate surface area is 143 Å². The fraction of sp³-hybridized carbons (Fsp3) is 0.235. The van der Waals surface area contributed by atoms with E-state index in [0.29, 0.717) is 5.69 Å². The Morgan fingerprint density at radius 1 is 0.960 bits per heavy atom. The number of nitrogens with two attached hydrogens (primary N) is 1. The number of piperazine rings is 1. The van der Waals surface area contributed by atoms with Gasteiger partial charge in [0.15, 0.2) is 0 Å². The number of pyridine rings is 1. The first-order valence-corrected chi connectivity index (χ1v) is 8.04. The summed E-state index contributed by atoms with van der Waals surface area (Å²) in [5.41, 5.74) is 7.25. The van der Waals surface area contributed by atoms with E-state index in [1.807, 2.05) is 18.2 Å². The second-order valence-electron chi connectivity index (χ2n) is 6.00. The Hall–Kier alpha value is -3.13. The van der Waals surface area contributed by atoms with Gasteiger partial charge in [0.1, 0.15) is 5.82 Å². The molecule has 0 radical (unpaired) electrons. The van der Waals surface area contributed by atoms with Crippen LogP contribution in [0.1, 0.15) is 20.7 Å². The standard InChI is InChI=1S/C17H17N5O3/c18-15-14-10(16(24)20-17(14)25)9-13(23)22(15)12-4-2-1-3-11(12)21-7-5-19-6-8-21/h1-4,9,19H,5-8,18H2,(H,20,24,25). The molecular weight excluding hydrogens is 322 g/mol. The highest BCUT2D eigenvalue weighted by atomic mass is 16.2. The van der Waals surface area contributed by atoms with Gasteiger partial charge in [0.2, 0.25) is 0 Å². The molecule has 2 amide bonds. The SMILES string of the molecule is Nc1c2c(cc(=O)n1-c1ccccc1N1CCNCC1)C(=O)NC2=O. The molecule has 2 aliphatic rings. The fourth-order valence-electron chi connectivity index (χ4n) is 3.35. The summed E-state index contributed by atoms with van der Waals surface area (Å²) < 4.78 is 1.30. The number of nitrogens with zero attached hydrogens (tertiary/aromatic N) is 2. The van der Waals surface area contributed by atoms with E-state index in [0.717, 1.165) is 31.9 Å². The Balaban J connectivity index is 1.92. The Morgan fingerprint density at radius 2 is 1.64 bits per heavy atom. The van der Waals surface area contributed by atoms with Crippen molar-refractivity contribution in [2.45, 2.75) is 0 Å². The Bertz CT molecular complexity index is 944. The molecule has 0 bridgehead atoms. The number of aromatic nitrogens is 1. The van der Waals surface area contributed by atoms with E-state index in [4.69, 9.17) is 5.73 Å². The van der Waals surface area contributed by atoms with Crippen molar-refractivity contribution in [3.8, 4) is 5.69 Å². The molecule has 2 aliphatic heterocycles. The molecule has 0 aliphatic carbocycles. The van der Waals surface area contributed by atoms with Crippen LogP contribution in [0.5, 0.6) is 0 Å². The van der Waals surface area contributed by atoms with Gasteiger partial charge >= 0.3 is 0 Å². The van der Waals surface area contributed by atoms with E-state index in [1.165, 1.54) is 10.6 Å². The predicted molar refractivity (Wildman–Crippen MR) is 93.3 cm³/mol. The van der Waals surface area contributed by atoms with E-state index in [9.17, 15) is 14.4 Å². The van der Waals surface area contributed by atoms with Gasteiger partial charge in [0, 0.05) is 32.2 Å². The lowest BCUT2D eigenvalue weighted by molar-refractivity contribution is 0.0880. The third-order valence-corrected chi connectivity index (χ3v) is 4.53. The first-order valence-electron chi connectivity index (χ1n) is 8.04. The van der Waals surface area contributed by atoms with Crippen molar-refractivity contribution in [1.29, 1.82) is 0 Å². The van der Waals surface area contributed by atoms with Gasteiger partial charge < -0.3 is 16.0 Å². The van der Waals surface area contributed by atoms with E-state index in [2.05, 4.69) is 15.5 Å². The summed E-state index contributed by atoms with van der Waals surface area (Å²) >= 11 is 0. The van der Waals surface area contributed by atoms with Gasteiger partial charge in [-0.05, 0) is 12.1 Å². The molecule has 3 heterocycles. The maximum atomic E-state index is 12.6. The third kappa shape index (κ3) is 2.38. The largest absolute Gasteiger partial charge is 0.384 e. The van der Waals surface area contributed by atoms with Gasteiger partial charge in [-0.15, -0.1) is 0 Å². The summed E-state index contributed by atoms with van der Waals surface area (Å²) in [4.78, 5) is 38.6. The van der Waals surface area contributed by atoms with Crippen molar-refractivity contribution in [3.05, 3.63) is 51.8 Å². The second-order valence-corrected chi connectivity index (χ2v) is 6.00. The molecule has 1 saturated heterocycles. The molecule has 1 aromatic heterocycles. The lowest BCUT2D eigenvalue weighted by Crippen LogP contribution is -2.44. The van der Waals surface area contributed by atoms with Crippen LogP contribution in [-0.2, 0) is 0 Å². The number of hydrogen-bond acceptors (Lipinski definition) is 6. The molecule has 1 aromatic carbocycles. The molecule has 128 valence electrons. The average molecular weight is 339 g/mol. The number of carbonyl (C=O) groups excluding carboxylic acids is 2. The number of nitrogen functional groups attached to an aromatic ring is 1. The number of fused-ring (bicyclic) bond motifs is 1. The maximum Gasteiger partial charge on any atom is 0.262 e. The third-order valence-electron chi connectivity index (χ3n) is 4.53. The molecule has 2 aromatic rings. The van der Waals surface area contributed by atoms with E-state index < -0.39 is 17.4 Å². The van der Waals surface area contributed by atoms with Crippen LogP contribution in [0.25, 0.3) is 5.69 Å². The Kier molecular flexibility index (Phi) is 3.54. The van der Waals surface area contributed by atoms with Crippen molar-refractivity contribution in [2.75, 3.05) is 36.8 Å². The minimum Gasteiger partial charge on any atom is -0.384 e. The van der Waals surface area contributed by atoms with Gasteiger partial charge in [0.25, 0.3) is 17.4 Å².